The molecule has 0 saturated heterocycles. The molecule has 1 rings (SSSR count). The standard InChI is InChI=1S/C6H8N2O3/c7-5(9)3-1-2-4(11-3)6(8)10/h1-4H,(H2,7,9)(H2,8,10). The van der Waals surface area contributed by atoms with Gasteiger partial charge >= 0.3 is 0 Å². The van der Waals surface area contributed by atoms with Crippen LogP contribution in [0, 0.1) is 0 Å². The van der Waals surface area contributed by atoms with Gasteiger partial charge in [0.05, 0.1) is 0 Å². The molecule has 4 N–H and O–H groups in total. The van der Waals surface area contributed by atoms with Crippen LogP contribution in [-0.2, 0) is 14.3 Å². The first-order valence-corrected chi connectivity index (χ1v) is 3.03. The summed E-state index contributed by atoms with van der Waals surface area (Å²) in [6, 6.07) is 0. The molecule has 0 saturated carbocycles. The average molecular weight is 156 g/mol. The fraction of sp³-hybridized carbons (Fsp3) is 0.333. The van der Waals surface area contributed by atoms with Crippen molar-refractivity contribution < 1.29 is 14.3 Å². The molecule has 0 fully saturated rings. The Kier molecular flexibility index (Phi) is 1.91. The van der Waals surface area contributed by atoms with Crippen LogP contribution in [0.1, 0.15) is 0 Å². The zero-order valence-electron chi connectivity index (χ0n) is 5.69. The van der Waals surface area contributed by atoms with Crippen molar-refractivity contribution in [3.8, 4) is 0 Å². The maximum absolute atomic E-state index is 10.5. The van der Waals surface area contributed by atoms with Crippen molar-refractivity contribution in [3.63, 3.8) is 0 Å². The molecule has 11 heavy (non-hydrogen) atoms. The number of ether oxygens (including phenoxy) is 1. The topological polar surface area (TPSA) is 95.4 Å². The van der Waals surface area contributed by atoms with Crippen LogP contribution in [-0.4, -0.2) is 24.0 Å². The summed E-state index contributed by atoms with van der Waals surface area (Å²) in [4.78, 5) is 20.9. The zero-order valence-corrected chi connectivity index (χ0v) is 5.69. The first kappa shape index (κ1) is 7.74. The van der Waals surface area contributed by atoms with E-state index in [0.717, 1.165) is 0 Å². The van der Waals surface area contributed by atoms with Crippen LogP contribution in [0.2, 0.25) is 0 Å². The minimum absolute atomic E-state index is 0.620. The Bertz CT molecular complexity index is 202. The molecule has 0 aliphatic carbocycles. The summed E-state index contributed by atoms with van der Waals surface area (Å²) in [5.74, 6) is -1.24. The van der Waals surface area contributed by atoms with Crippen LogP contribution >= 0.6 is 0 Å². The minimum Gasteiger partial charge on any atom is -0.367 e. The molecule has 5 heteroatoms. The average Bonchev–Trinajstić information content (AvgIpc) is 2.33. The van der Waals surface area contributed by atoms with Crippen LogP contribution in [0.25, 0.3) is 0 Å². The Morgan fingerprint density at radius 2 is 1.45 bits per heavy atom. The van der Waals surface area contributed by atoms with Gasteiger partial charge in [0.1, 0.15) is 0 Å². The van der Waals surface area contributed by atoms with Gasteiger partial charge in [-0.05, 0) is 12.2 Å². The van der Waals surface area contributed by atoms with Crippen molar-refractivity contribution in [1.29, 1.82) is 0 Å². The van der Waals surface area contributed by atoms with E-state index in [-0.39, 0.29) is 0 Å². The second kappa shape index (κ2) is 2.71. The Hall–Kier alpha value is -1.36. The van der Waals surface area contributed by atoms with Gasteiger partial charge in [-0.25, -0.2) is 0 Å². The smallest absolute Gasteiger partial charge is 0.250 e. The van der Waals surface area contributed by atoms with Crippen molar-refractivity contribution in [1.82, 2.24) is 0 Å². The van der Waals surface area contributed by atoms with Gasteiger partial charge in [-0.3, -0.25) is 9.59 Å². The zero-order chi connectivity index (χ0) is 8.43. The molecule has 0 aromatic rings. The number of carbonyl (C=O) groups is 2. The van der Waals surface area contributed by atoms with E-state index >= 15 is 0 Å². The van der Waals surface area contributed by atoms with Crippen LogP contribution in [0.5, 0.6) is 0 Å². The maximum Gasteiger partial charge on any atom is 0.250 e. The highest BCUT2D eigenvalue weighted by Crippen LogP contribution is 2.09. The molecule has 1 heterocycles. The van der Waals surface area contributed by atoms with E-state index in [1.807, 2.05) is 0 Å². The fourth-order valence-electron chi connectivity index (χ4n) is 0.774. The Morgan fingerprint density at radius 3 is 1.64 bits per heavy atom. The highest BCUT2D eigenvalue weighted by Gasteiger charge is 2.26. The summed E-state index contributed by atoms with van der Waals surface area (Å²) in [6.07, 6.45) is 1.20. The van der Waals surface area contributed by atoms with E-state index in [9.17, 15) is 9.59 Å². The fourth-order valence-corrected chi connectivity index (χ4v) is 0.774. The molecule has 1 aliphatic heterocycles. The lowest BCUT2D eigenvalue weighted by Gasteiger charge is -2.06. The van der Waals surface area contributed by atoms with Crippen molar-refractivity contribution in [2.24, 2.45) is 11.5 Å². The Morgan fingerprint density at radius 1 is 1.09 bits per heavy atom. The number of rotatable bonds is 2. The lowest BCUT2D eigenvalue weighted by Crippen LogP contribution is -2.33. The third kappa shape index (κ3) is 1.56. The van der Waals surface area contributed by atoms with Crippen LogP contribution < -0.4 is 11.5 Å². The molecule has 0 aromatic heterocycles. The largest absolute Gasteiger partial charge is 0.367 e. The lowest BCUT2D eigenvalue weighted by atomic mass is 10.3. The summed E-state index contributed by atoms with van der Waals surface area (Å²) < 4.78 is 4.82. The maximum atomic E-state index is 10.5. The molecule has 2 atom stereocenters. The van der Waals surface area contributed by atoms with Gasteiger partial charge in [0.25, 0.3) is 11.8 Å². The minimum atomic E-state index is -0.813. The predicted octanol–water partition coefficient (Wildman–Crippen LogP) is -1.72. The molecule has 0 spiro atoms. The Balaban J connectivity index is 2.56. The van der Waals surface area contributed by atoms with Crippen molar-refractivity contribution in [2.75, 3.05) is 0 Å². The second-order valence-electron chi connectivity index (χ2n) is 2.17. The highest BCUT2D eigenvalue weighted by molar-refractivity contribution is 5.86. The molecule has 0 aromatic carbocycles. The lowest BCUT2D eigenvalue weighted by molar-refractivity contribution is -0.134. The summed E-state index contributed by atoms with van der Waals surface area (Å²) in [6.45, 7) is 0. The number of primary amides is 2. The number of amides is 2. The third-order valence-electron chi connectivity index (χ3n) is 1.31. The molecule has 2 amide bonds. The quantitative estimate of drug-likeness (QED) is 0.465. The first-order valence-electron chi connectivity index (χ1n) is 3.03. The van der Waals surface area contributed by atoms with E-state index in [1.54, 1.807) is 0 Å². The van der Waals surface area contributed by atoms with Gasteiger partial charge in [0.15, 0.2) is 12.2 Å². The highest BCUT2D eigenvalue weighted by atomic mass is 16.5. The van der Waals surface area contributed by atoms with Crippen LogP contribution in [0.15, 0.2) is 12.2 Å². The third-order valence-corrected chi connectivity index (χ3v) is 1.31. The molecular weight excluding hydrogens is 148 g/mol. The normalized spacial score (nSPS) is 28.7. The van der Waals surface area contributed by atoms with Crippen molar-refractivity contribution in [3.05, 3.63) is 12.2 Å². The van der Waals surface area contributed by atoms with E-state index in [1.165, 1.54) is 12.2 Å². The summed E-state index contributed by atoms with van der Waals surface area (Å²) in [5, 5.41) is 0. The van der Waals surface area contributed by atoms with Gasteiger partial charge in [0.2, 0.25) is 0 Å². The number of carbonyl (C=O) groups excluding carboxylic acids is 2. The second-order valence-corrected chi connectivity index (χ2v) is 2.17. The van der Waals surface area contributed by atoms with E-state index in [4.69, 9.17) is 16.2 Å². The molecule has 5 nitrogen and oxygen atoms in total. The van der Waals surface area contributed by atoms with Gasteiger partial charge < -0.3 is 16.2 Å². The van der Waals surface area contributed by atoms with Crippen molar-refractivity contribution in [2.45, 2.75) is 12.2 Å². The van der Waals surface area contributed by atoms with Gasteiger partial charge in [-0.1, -0.05) is 0 Å². The van der Waals surface area contributed by atoms with Crippen LogP contribution in [0.4, 0.5) is 0 Å². The van der Waals surface area contributed by atoms with E-state index in [2.05, 4.69) is 0 Å². The molecular formula is C6H8N2O3. The monoisotopic (exact) mass is 156 g/mol. The molecule has 1 aliphatic rings. The predicted molar refractivity (Wildman–Crippen MR) is 36.2 cm³/mol. The van der Waals surface area contributed by atoms with Gasteiger partial charge in [-0.15, -0.1) is 0 Å². The summed E-state index contributed by atoms with van der Waals surface area (Å²) in [7, 11) is 0. The summed E-state index contributed by atoms with van der Waals surface area (Å²) in [5.41, 5.74) is 9.79. The summed E-state index contributed by atoms with van der Waals surface area (Å²) >= 11 is 0. The van der Waals surface area contributed by atoms with E-state index in [0.29, 0.717) is 0 Å². The van der Waals surface area contributed by atoms with Gasteiger partial charge in [-0.2, -0.15) is 0 Å². The van der Waals surface area contributed by atoms with Crippen molar-refractivity contribution >= 4 is 11.8 Å². The molecule has 0 bridgehead atoms. The SMILES string of the molecule is NC(=O)C1C=CC(C(N)=O)O1. The first-order chi connectivity index (χ1) is 5.11. The number of hydrogen-bond acceptors (Lipinski definition) is 3. The number of nitrogens with two attached hydrogens (primary N) is 2. The van der Waals surface area contributed by atoms with E-state index < -0.39 is 24.0 Å². The van der Waals surface area contributed by atoms with Crippen LogP contribution in [0.3, 0.4) is 0 Å². The Labute approximate surface area is 63.0 Å². The number of hydrogen-bond donors (Lipinski definition) is 2. The molecule has 60 valence electrons. The molecule has 2 unspecified atom stereocenters. The van der Waals surface area contributed by atoms with Gasteiger partial charge in [0, 0.05) is 0 Å². The molecule has 0 radical (unpaired) electrons.